The van der Waals surface area contributed by atoms with Gasteiger partial charge in [-0.25, -0.2) is 0 Å². The van der Waals surface area contributed by atoms with E-state index >= 15 is 0 Å². The van der Waals surface area contributed by atoms with Crippen molar-refractivity contribution in [3.8, 4) is 0 Å². The molecule has 3 heterocycles. The molecule has 3 rings (SSSR count). The van der Waals surface area contributed by atoms with E-state index < -0.39 is 0 Å². The molecule has 2 fully saturated rings. The maximum absolute atomic E-state index is 5.55. The van der Waals surface area contributed by atoms with Crippen LogP contribution in [0.25, 0.3) is 0 Å². The molecule has 20 heavy (non-hydrogen) atoms. The van der Waals surface area contributed by atoms with Crippen molar-refractivity contribution in [1.82, 2.24) is 15.5 Å². The number of hydrogen-bond donors (Lipinski definition) is 1. The summed E-state index contributed by atoms with van der Waals surface area (Å²) >= 11 is 3.93. The maximum Gasteiger partial charge on any atom is 0.233 e. The van der Waals surface area contributed by atoms with Gasteiger partial charge in [0.2, 0.25) is 5.89 Å². The van der Waals surface area contributed by atoms with Crippen LogP contribution in [0.5, 0.6) is 0 Å². The van der Waals surface area contributed by atoms with E-state index in [9.17, 15) is 0 Å². The highest BCUT2D eigenvalue weighted by Gasteiger charge is 2.35. The number of ether oxygens (including phenoxy) is 1. The summed E-state index contributed by atoms with van der Waals surface area (Å²) in [5.74, 6) is 4.15. The summed E-state index contributed by atoms with van der Waals surface area (Å²) in [5.41, 5.74) is 0. The first-order valence-electron chi connectivity index (χ1n) is 7.17. The third kappa shape index (κ3) is 3.00. The second kappa shape index (κ2) is 6.68. The van der Waals surface area contributed by atoms with Gasteiger partial charge in [0.25, 0.3) is 0 Å². The van der Waals surface area contributed by atoms with E-state index in [0.29, 0.717) is 23.1 Å². The Morgan fingerprint density at radius 3 is 2.95 bits per heavy atom. The van der Waals surface area contributed by atoms with Crippen LogP contribution in [0.3, 0.4) is 0 Å². The Bertz CT molecular complexity index is 443. The molecule has 2 aliphatic heterocycles. The lowest BCUT2D eigenvalue weighted by Crippen LogP contribution is -2.34. The fraction of sp³-hybridized carbons (Fsp3) is 0.846. The van der Waals surface area contributed by atoms with Crippen LogP contribution in [0.15, 0.2) is 4.52 Å². The van der Waals surface area contributed by atoms with E-state index in [0.717, 1.165) is 30.6 Å². The molecule has 1 N–H and O–H groups in total. The van der Waals surface area contributed by atoms with Crippen molar-refractivity contribution in [3.05, 3.63) is 11.7 Å². The van der Waals surface area contributed by atoms with Crippen molar-refractivity contribution in [1.29, 1.82) is 0 Å². The first-order chi connectivity index (χ1) is 9.79. The summed E-state index contributed by atoms with van der Waals surface area (Å²) in [6.45, 7) is 6.67. The first-order valence-corrected chi connectivity index (χ1v) is 9.27. The molecule has 2 aliphatic rings. The molecular weight excluding hydrogens is 294 g/mol. The molecule has 112 valence electrons. The zero-order valence-corrected chi connectivity index (χ0v) is 13.5. The van der Waals surface area contributed by atoms with Crippen LogP contribution in [-0.4, -0.2) is 52.7 Å². The first kappa shape index (κ1) is 14.7. The van der Waals surface area contributed by atoms with Crippen LogP contribution in [0.1, 0.15) is 36.7 Å². The van der Waals surface area contributed by atoms with Crippen molar-refractivity contribution >= 4 is 23.5 Å². The van der Waals surface area contributed by atoms with Crippen LogP contribution in [0.2, 0.25) is 0 Å². The monoisotopic (exact) mass is 315 g/mol. The van der Waals surface area contributed by atoms with Crippen molar-refractivity contribution in [2.45, 2.75) is 36.3 Å². The molecule has 4 unspecified atom stereocenters. The predicted octanol–water partition coefficient (Wildman–Crippen LogP) is 2.07. The molecule has 2 saturated heterocycles. The Labute approximate surface area is 128 Å². The van der Waals surface area contributed by atoms with Crippen molar-refractivity contribution in [2.75, 3.05) is 31.3 Å². The summed E-state index contributed by atoms with van der Waals surface area (Å²) < 4.78 is 11.1. The Kier molecular flexibility index (Phi) is 4.91. The summed E-state index contributed by atoms with van der Waals surface area (Å²) in [6.07, 6.45) is 0. The zero-order chi connectivity index (χ0) is 13.9. The minimum absolute atomic E-state index is 0.188. The van der Waals surface area contributed by atoms with E-state index in [1.165, 1.54) is 5.75 Å². The third-order valence-electron chi connectivity index (χ3n) is 3.76. The van der Waals surface area contributed by atoms with E-state index in [4.69, 9.17) is 9.26 Å². The Balaban J connectivity index is 1.72. The smallest absolute Gasteiger partial charge is 0.233 e. The highest BCUT2D eigenvalue weighted by Crippen LogP contribution is 2.41. The molecule has 0 aromatic carbocycles. The van der Waals surface area contributed by atoms with Crippen molar-refractivity contribution in [3.63, 3.8) is 0 Å². The number of rotatable bonds is 4. The molecule has 1 aromatic rings. The van der Waals surface area contributed by atoms with Gasteiger partial charge in [-0.15, -0.1) is 11.8 Å². The molecule has 1 aromatic heterocycles. The molecule has 0 aliphatic carbocycles. The third-order valence-corrected chi connectivity index (χ3v) is 6.85. The number of aromatic nitrogens is 2. The molecule has 0 amide bonds. The van der Waals surface area contributed by atoms with Gasteiger partial charge in [0, 0.05) is 22.8 Å². The number of thioether (sulfide) groups is 2. The van der Waals surface area contributed by atoms with Crippen LogP contribution in [0, 0.1) is 0 Å². The number of nitrogens with one attached hydrogen (secondary N) is 1. The van der Waals surface area contributed by atoms with Gasteiger partial charge in [-0.1, -0.05) is 19.0 Å². The van der Waals surface area contributed by atoms with Gasteiger partial charge in [0.1, 0.15) is 0 Å². The molecule has 7 heteroatoms. The molecule has 4 atom stereocenters. The standard InChI is InChI=1S/C13H21N3O2S2/c1-3-14-10-7-17-6-9(10)13-15-12(16-18-13)11-8(2)19-4-5-20-11/h8-11,14H,3-7H2,1-2H3. The van der Waals surface area contributed by atoms with E-state index in [1.807, 2.05) is 23.5 Å². The van der Waals surface area contributed by atoms with Gasteiger partial charge in [-0.05, 0) is 6.54 Å². The number of nitrogens with zero attached hydrogens (tertiary/aromatic N) is 2. The largest absolute Gasteiger partial charge is 0.379 e. The van der Waals surface area contributed by atoms with E-state index in [2.05, 4.69) is 29.3 Å². The van der Waals surface area contributed by atoms with Gasteiger partial charge >= 0.3 is 0 Å². The highest BCUT2D eigenvalue weighted by molar-refractivity contribution is 8.06. The summed E-state index contributed by atoms with van der Waals surface area (Å²) in [5, 5.41) is 8.55. The van der Waals surface area contributed by atoms with E-state index in [-0.39, 0.29) is 5.92 Å². The fourth-order valence-corrected chi connectivity index (χ4v) is 5.37. The summed E-state index contributed by atoms with van der Waals surface area (Å²) in [6, 6.07) is 0.291. The van der Waals surface area contributed by atoms with E-state index in [1.54, 1.807) is 0 Å². The quantitative estimate of drug-likeness (QED) is 0.912. The lowest BCUT2D eigenvalue weighted by atomic mass is 10.0. The van der Waals surface area contributed by atoms with Crippen LogP contribution >= 0.6 is 23.5 Å². The SMILES string of the molecule is CCNC1COCC1c1nc(C2SCCSC2C)no1. The zero-order valence-electron chi connectivity index (χ0n) is 11.9. The topological polar surface area (TPSA) is 60.2 Å². The fourth-order valence-electron chi connectivity index (χ4n) is 2.69. The molecule has 0 bridgehead atoms. The molecule has 0 spiro atoms. The normalized spacial score (nSPS) is 34.5. The Morgan fingerprint density at radius 1 is 1.30 bits per heavy atom. The Hall–Kier alpha value is -0.240. The lowest BCUT2D eigenvalue weighted by Gasteiger charge is -2.24. The highest BCUT2D eigenvalue weighted by atomic mass is 32.2. The predicted molar refractivity (Wildman–Crippen MR) is 82.4 cm³/mol. The maximum atomic E-state index is 5.55. The van der Waals surface area contributed by atoms with Crippen molar-refractivity contribution < 1.29 is 9.26 Å². The van der Waals surface area contributed by atoms with Gasteiger partial charge < -0.3 is 14.6 Å². The molecule has 5 nitrogen and oxygen atoms in total. The number of hydrogen-bond acceptors (Lipinski definition) is 7. The van der Waals surface area contributed by atoms with Crippen LogP contribution in [-0.2, 0) is 4.74 Å². The summed E-state index contributed by atoms with van der Waals surface area (Å²) in [7, 11) is 0. The molecule has 0 saturated carbocycles. The number of likely N-dealkylation sites (N-methyl/N-ethyl adjacent to an activating group) is 1. The second-order valence-corrected chi connectivity index (χ2v) is 7.90. The minimum Gasteiger partial charge on any atom is -0.379 e. The lowest BCUT2D eigenvalue weighted by molar-refractivity contribution is 0.185. The minimum atomic E-state index is 0.188. The van der Waals surface area contributed by atoms with Crippen LogP contribution < -0.4 is 5.32 Å². The van der Waals surface area contributed by atoms with Gasteiger partial charge in [-0.3, -0.25) is 0 Å². The second-order valence-electron chi connectivity index (χ2n) is 5.17. The van der Waals surface area contributed by atoms with Gasteiger partial charge in [0.15, 0.2) is 5.82 Å². The molecule has 0 radical (unpaired) electrons. The van der Waals surface area contributed by atoms with Gasteiger partial charge in [-0.2, -0.15) is 16.7 Å². The Morgan fingerprint density at radius 2 is 2.15 bits per heavy atom. The van der Waals surface area contributed by atoms with Crippen molar-refractivity contribution in [2.24, 2.45) is 0 Å². The average Bonchev–Trinajstić information content (AvgIpc) is 3.08. The van der Waals surface area contributed by atoms with Gasteiger partial charge in [0.05, 0.1) is 24.4 Å². The average molecular weight is 315 g/mol. The summed E-state index contributed by atoms with van der Waals surface area (Å²) in [4.78, 5) is 4.67. The van der Waals surface area contributed by atoms with Crippen LogP contribution in [0.4, 0.5) is 0 Å². The molecular formula is C13H21N3O2S2.